The molecule has 2 rings (SSSR count). The molecule has 21 heavy (non-hydrogen) atoms. The molecular formula is C17H33N3O. The highest BCUT2D eigenvalue weighted by Crippen LogP contribution is 2.20. The Kier molecular flexibility index (Phi) is 6.49. The molecule has 0 radical (unpaired) electrons. The van der Waals surface area contributed by atoms with Gasteiger partial charge in [-0.3, -0.25) is 14.6 Å². The quantitative estimate of drug-likeness (QED) is 0.795. The van der Waals surface area contributed by atoms with Crippen LogP contribution in [0.1, 0.15) is 52.4 Å². The number of carbonyl (C=O) groups excluding carboxylic acids is 1. The summed E-state index contributed by atoms with van der Waals surface area (Å²) in [5.74, 6) is 0.265. The lowest BCUT2D eigenvalue weighted by molar-refractivity contribution is -0.133. The lowest BCUT2D eigenvalue weighted by Crippen LogP contribution is -2.51. The monoisotopic (exact) mass is 295 g/mol. The molecule has 0 unspecified atom stereocenters. The van der Waals surface area contributed by atoms with Crippen LogP contribution in [0.5, 0.6) is 0 Å². The van der Waals surface area contributed by atoms with Gasteiger partial charge in [0.05, 0.1) is 6.54 Å². The molecule has 1 amide bonds. The molecule has 2 fully saturated rings. The van der Waals surface area contributed by atoms with Crippen LogP contribution in [0.2, 0.25) is 0 Å². The van der Waals surface area contributed by atoms with Crippen molar-refractivity contribution in [3.8, 4) is 0 Å². The summed E-state index contributed by atoms with van der Waals surface area (Å²) < 4.78 is 0. The minimum absolute atomic E-state index is 0.265. The van der Waals surface area contributed by atoms with Gasteiger partial charge >= 0.3 is 0 Å². The Balaban J connectivity index is 1.84. The molecule has 2 aliphatic heterocycles. The second-order valence-corrected chi connectivity index (χ2v) is 7.08. The fourth-order valence-electron chi connectivity index (χ4n) is 3.52. The fourth-order valence-corrected chi connectivity index (χ4v) is 3.52. The summed E-state index contributed by atoms with van der Waals surface area (Å²) in [5.41, 5.74) is 0. The first kappa shape index (κ1) is 16.8. The van der Waals surface area contributed by atoms with E-state index in [4.69, 9.17) is 0 Å². The minimum Gasteiger partial charge on any atom is -0.342 e. The van der Waals surface area contributed by atoms with E-state index in [1.807, 2.05) is 11.9 Å². The van der Waals surface area contributed by atoms with Crippen LogP contribution in [-0.4, -0.2) is 72.5 Å². The van der Waals surface area contributed by atoms with Gasteiger partial charge in [-0.15, -0.1) is 0 Å². The average Bonchev–Trinajstić information content (AvgIpc) is 2.75. The maximum absolute atomic E-state index is 12.3. The highest BCUT2D eigenvalue weighted by atomic mass is 16.2. The standard InChI is InChI=1S/C17H33N3O/c1-15(2)18(3)17(21)14-19-10-8-9-16(13-19)20-11-6-4-5-7-12-20/h15-16H,4-14H2,1-3H3/t16-/m0/s1. The predicted molar refractivity (Wildman–Crippen MR) is 87.4 cm³/mol. The van der Waals surface area contributed by atoms with E-state index < -0.39 is 0 Å². The maximum atomic E-state index is 12.3. The SMILES string of the molecule is CC(C)N(C)C(=O)CN1CCC[C@H](N2CCCCCC2)C1. The van der Waals surface area contributed by atoms with Gasteiger partial charge in [0, 0.05) is 25.7 Å². The van der Waals surface area contributed by atoms with Crippen molar-refractivity contribution in [3.63, 3.8) is 0 Å². The van der Waals surface area contributed by atoms with Crippen molar-refractivity contribution in [2.45, 2.75) is 64.5 Å². The second-order valence-electron chi connectivity index (χ2n) is 7.08. The fraction of sp³-hybridized carbons (Fsp3) is 0.941. The van der Waals surface area contributed by atoms with Crippen LogP contribution in [0.3, 0.4) is 0 Å². The van der Waals surface area contributed by atoms with E-state index in [0.717, 1.165) is 13.1 Å². The molecule has 0 bridgehead atoms. The zero-order valence-electron chi connectivity index (χ0n) is 14.2. The Hall–Kier alpha value is -0.610. The van der Waals surface area contributed by atoms with Crippen LogP contribution < -0.4 is 0 Å². The molecule has 122 valence electrons. The molecule has 2 aliphatic rings. The van der Waals surface area contributed by atoms with Crippen molar-refractivity contribution in [2.24, 2.45) is 0 Å². The van der Waals surface area contributed by atoms with E-state index >= 15 is 0 Å². The predicted octanol–water partition coefficient (Wildman–Crippen LogP) is 2.19. The molecule has 0 aromatic heterocycles. The Morgan fingerprint density at radius 3 is 2.38 bits per heavy atom. The number of likely N-dealkylation sites (N-methyl/N-ethyl adjacent to an activating group) is 1. The first-order chi connectivity index (χ1) is 10.1. The van der Waals surface area contributed by atoms with Gasteiger partial charge in [0.1, 0.15) is 0 Å². The highest BCUT2D eigenvalue weighted by molar-refractivity contribution is 5.78. The summed E-state index contributed by atoms with van der Waals surface area (Å²) in [7, 11) is 1.92. The zero-order valence-corrected chi connectivity index (χ0v) is 14.2. The summed E-state index contributed by atoms with van der Waals surface area (Å²) in [6.07, 6.45) is 8.04. The molecule has 1 atom stereocenters. The third-order valence-electron chi connectivity index (χ3n) is 5.16. The number of amides is 1. The van der Waals surface area contributed by atoms with Gasteiger partial charge in [-0.1, -0.05) is 12.8 Å². The lowest BCUT2D eigenvalue weighted by atomic mass is 10.0. The van der Waals surface area contributed by atoms with Gasteiger partial charge in [0.15, 0.2) is 0 Å². The number of hydrogen-bond donors (Lipinski definition) is 0. The van der Waals surface area contributed by atoms with E-state index in [9.17, 15) is 4.79 Å². The minimum atomic E-state index is 0.265. The Bertz CT molecular complexity index is 324. The smallest absolute Gasteiger partial charge is 0.236 e. The van der Waals surface area contributed by atoms with Gasteiger partial charge < -0.3 is 4.90 Å². The average molecular weight is 295 g/mol. The van der Waals surface area contributed by atoms with E-state index in [2.05, 4.69) is 23.6 Å². The molecule has 0 N–H and O–H groups in total. The second kappa shape index (κ2) is 8.14. The van der Waals surface area contributed by atoms with Crippen LogP contribution in [0.25, 0.3) is 0 Å². The number of hydrogen-bond acceptors (Lipinski definition) is 3. The number of likely N-dealkylation sites (tertiary alicyclic amines) is 2. The van der Waals surface area contributed by atoms with Crippen LogP contribution >= 0.6 is 0 Å². The van der Waals surface area contributed by atoms with Gasteiger partial charge in [0.25, 0.3) is 0 Å². The van der Waals surface area contributed by atoms with E-state index in [0.29, 0.717) is 18.6 Å². The third kappa shape index (κ3) is 4.96. The largest absolute Gasteiger partial charge is 0.342 e. The molecule has 0 aromatic rings. The van der Waals surface area contributed by atoms with Gasteiger partial charge in [-0.2, -0.15) is 0 Å². The molecule has 4 nitrogen and oxygen atoms in total. The first-order valence-corrected chi connectivity index (χ1v) is 8.80. The Labute approximate surface area is 130 Å². The van der Waals surface area contributed by atoms with Gasteiger partial charge in [0.2, 0.25) is 5.91 Å². The van der Waals surface area contributed by atoms with Crippen molar-refractivity contribution in [1.82, 2.24) is 14.7 Å². The molecule has 2 saturated heterocycles. The van der Waals surface area contributed by atoms with Crippen LogP contribution in [0, 0.1) is 0 Å². The first-order valence-electron chi connectivity index (χ1n) is 8.80. The van der Waals surface area contributed by atoms with Crippen molar-refractivity contribution >= 4 is 5.91 Å². The highest BCUT2D eigenvalue weighted by Gasteiger charge is 2.27. The molecule has 0 spiro atoms. The normalized spacial score (nSPS) is 25.8. The van der Waals surface area contributed by atoms with Crippen LogP contribution in [-0.2, 0) is 4.79 Å². The van der Waals surface area contributed by atoms with E-state index in [1.165, 1.54) is 51.6 Å². The van der Waals surface area contributed by atoms with Crippen molar-refractivity contribution in [1.29, 1.82) is 0 Å². The molecule has 0 aromatic carbocycles. The van der Waals surface area contributed by atoms with Crippen LogP contribution in [0.15, 0.2) is 0 Å². The van der Waals surface area contributed by atoms with Crippen LogP contribution in [0.4, 0.5) is 0 Å². The molecule has 2 heterocycles. The van der Waals surface area contributed by atoms with Crippen molar-refractivity contribution in [2.75, 3.05) is 39.8 Å². The number of rotatable bonds is 4. The Morgan fingerprint density at radius 2 is 1.76 bits per heavy atom. The molecule has 0 aliphatic carbocycles. The number of carbonyl (C=O) groups is 1. The van der Waals surface area contributed by atoms with Gasteiger partial charge in [-0.05, 0) is 59.2 Å². The zero-order chi connectivity index (χ0) is 15.2. The van der Waals surface area contributed by atoms with Crippen molar-refractivity contribution in [3.05, 3.63) is 0 Å². The molecule has 4 heteroatoms. The molecular weight excluding hydrogens is 262 g/mol. The summed E-state index contributed by atoms with van der Waals surface area (Å²) >= 11 is 0. The summed E-state index contributed by atoms with van der Waals surface area (Å²) in [6.45, 7) is 9.44. The number of piperidine rings is 1. The summed E-state index contributed by atoms with van der Waals surface area (Å²) in [6, 6.07) is 0.970. The summed E-state index contributed by atoms with van der Waals surface area (Å²) in [5, 5.41) is 0. The summed E-state index contributed by atoms with van der Waals surface area (Å²) in [4.78, 5) is 19.2. The van der Waals surface area contributed by atoms with Crippen molar-refractivity contribution < 1.29 is 4.79 Å². The van der Waals surface area contributed by atoms with E-state index in [-0.39, 0.29) is 5.91 Å². The Morgan fingerprint density at radius 1 is 1.10 bits per heavy atom. The maximum Gasteiger partial charge on any atom is 0.236 e. The van der Waals surface area contributed by atoms with Gasteiger partial charge in [-0.25, -0.2) is 0 Å². The van der Waals surface area contributed by atoms with E-state index in [1.54, 1.807) is 0 Å². The number of nitrogens with zero attached hydrogens (tertiary/aromatic N) is 3. The molecule has 0 saturated carbocycles. The topological polar surface area (TPSA) is 26.8 Å². The lowest BCUT2D eigenvalue weighted by Gasteiger charge is -2.39. The third-order valence-corrected chi connectivity index (χ3v) is 5.16.